The van der Waals surface area contributed by atoms with Crippen molar-refractivity contribution in [2.75, 3.05) is 33.9 Å². The quantitative estimate of drug-likeness (QED) is 0.880. The highest BCUT2D eigenvalue weighted by Crippen LogP contribution is 2.33. The van der Waals surface area contributed by atoms with Crippen LogP contribution in [0.25, 0.3) is 0 Å². The Morgan fingerprint density at radius 1 is 1.32 bits per heavy atom. The van der Waals surface area contributed by atoms with Crippen molar-refractivity contribution < 1.29 is 14.6 Å². The van der Waals surface area contributed by atoms with E-state index in [1.807, 2.05) is 18.2 Å². The van der Waals surface area contributed by atoms with E-state index < -0.39 is 0 Å². The van der Waals surface area contributed by atoms with Crippen molar-refractivity contribution in [3.05, 3.63) is 23.8 Å². The second kappa shape index (κ2) is 6.78. The largest absolute Gasteiger partial charge is 0.493 e. The molecule has 0 unspecified atom stereocenters. The maximum absolute atomic E-state index is 9.15. The third-order valence-corrected chi connectivity index (χ3v) is 3.61. The molecule has 1 aromatic rings. The minimum atomic E-state index is 0.122. The number of benzene rings is 1. The molecule has 4 heteroatoms. The van der Waals surface area contributed by atoms with Gasteiger partial charge in [-0.05, 0) is 32.4 Å². The zero-order valence-electron chi connectivity index (χ0n) is 11.8. The molecule has 1 saturated heterocycles. The summed E-state index contributed by atoms with van der Waals surface area (Å²) in [6.45, 7) is 2.25. The van der Waals surface area contributed by atoms with Crippen LogP contribution in [-0.4, -0.2) is 50.0 Å². The second-order valence-electron chi connectivity index (χ2n) is 5.04. The summed E-state index contributed by atoms with van der Waals surface area (Å²) in [6, 6.07) is 5.83. The van der Waals surface area contributed by atoms with Crippen LogP contribution in [0.4, 0.5) is 0 Å². The normalized spacial score (nSPS) is 17.4. The van der Waals surface area contributed by atoms with Gasteiger partial charge in [-0.2, -0.15) is 0 Å². The van der Waals surface area contributed by atoms with E-state index in [-0.39, 0.29) is 12.7 Å². The Kier molecular flexibility index (Phi) is 5.05. The van der Waals surface area contributed by atoms with Gasteiger partial charge in [0, 0.05) is 25.3 Å². The highest BCUT2D eigenvalue weighted by Gasteiger charge is 2.21. The van der Waals surface area contributed by atoms with Crippen LogP contribution in [-0.2, 0) is 6.42 Å². The van der Waals surface area contributed by atoms with E-state index in [4.69, 9.17) is 14.6 Å². The lowest BCUT2D eigenvalue weighted by molar-refractivity contribution is 0.110. The van der Waals surface area contributed by atoms with Gasteiger partial charge < -0.3 is 19.5 Å². The molecule has 0 aromatic heterocycles. The smallest absolute Gasteiger partial charge is 0.164 e. The Morgan fingerprint density at radius 3 is 2.68 bits per heavy atom. The molecule has 0 atom stereocenters. The van der Waals surface area contributed by atoms with Gasteiger partial charge in [0.15, 0.2) is 11.5 Å². The monoisotopic (exact) mass is 265 g/mol. The zero-order chi connectivity index (χ0) is 13.7. The van der Waals surface area contributed by atoms with Gasteiger partial charge in [0.25, 0.3) is 0 Å². The van der Waals surface area contributed by atoms with Gasteiger partial charge in [-0.3, -0.25) is 0 Å². The lowest BCUT2D eigenvalue weighted by Crippen LogP contribution is -2.35. The van der Waals surface area contributed by atoms with Crippen LogP contribution in [0.5, 0.6) is 11.5 Å². The van der Waals surface area contributed by atoms with Crippen LogP contribution in [0, 0.1) is 0 Å². The first kappa shape index (κ1) is 14.2. The van der Waals surface area contributed by atoms with Gasteiger partial charge in [-0.25, -0.2) is 0 Å². The number of hydrogen-bond donors (Lipinski definition) is 1. The summed E-state index contributed by atoms with van der Waals surface area (Å²) >= 11 is 0. The van der Waals surface area contributed by atoms with Gasteiger partial charge in [-0.15, -0.1) is 0 Å². The highest BCUT2D eigenvalue weighted by molar-refractivity contribution is 5.46. The van der Waals surface area contributed by atoms with Crippen LogP contribution < -0.4 is 9.47 Å². The number of rotatable bonds is 5. The number of aliphatic hydroxyl groups excluding tert-OH is 1. The number of likely N-dealkylation sites (tertiary alicyclic amines) is 1. The molecule has 1 aromatic carbocycles. The van der Waals surface area contributed by atoms with Gasteiger partial charge in [-0.1, -0.05) is 12.1 Å². The van der Waals surface area contributed by atoms with E-state index in [1.165, 1.54) is 0 Å². The molecule has 0 bridgehead atoms. The molecule has 19 heavy (non-hydrogen) atoms. The zero-order valence-corrected chi connectivity index (χ0v) is 11.8. The van der Waals surface area contributed by atoms with Crippen LogP contribution in [0.2, 0.25) is 0 Å². The predicted molar refractivity (Wildman–Crippen MR) is 74.9 cm³/mol. The van der Waals surface area contributed by atoms with Crippen molar-refractivity contribution in [3.63, 3.8) is 0 Å². The number of nitrogens with zero attached hydrogens (tertiary/aromatic N) is 1. The van der Waals surface area contributed by atoms with Gasteiger partial charge in [0.05, 0.1) is 7.11 Å². The molecule has 0 radical (unpaired) electrons. The molecule has 0 saturated carbocycles. The molecule has 1 aliphatic rings. The van der Waals surface area contributed by atoms with Gasteiger partial charge in [0.1, 0.15) is 6.10 Å². The molecule has 1 aliphatic heterocycles. The number of ether oxygens (including phenoxy) is 2. The standard InChI is InChI=1S/C15H23NO3/c1-16-9-6-13(7-10-16)19-15-12(8-11-17)4-3-5-14(15)18-2/h3-5,13,17H,6-11H2,1-2H3. The summed E-state index contributed by atoms with van der Waals surface area (Å²) in [7, 11) is 3.79. The summed E-state index contributed by atoms with van der Waals surface area (Å²) in [5.41, 5.74) is 1.01. The number of methoxy groups -OCH3 is 1. The molecule has 106 valence electrons. The summed E-state index contributed by atoms with van der Waals surface area (Å²) in [5, 5.41) is 9.15. The topological polar surface area (TPSA) is 41.9 Å². The first-order valence-electron chi connectivity index (χ1n) is 6.86. The summed E-state index contributed by atoms with van der Waals surface area (Å²) < 4.78 is 11.5. The molecule has 0 amide bonds. The van der Waals surface area contributed by atoms with Crippen LogP contribution in [0.3, 0.4) is 0 Å². The van der Waals surface area contributed by atoms with Gasteiger partial charge >= 0.3 is 0 Å². The molecule has 0 spiro atoms. The Labute approximate surface area is 114 Å². The van der Waals surface area contributed by atoms with Crippen molar-refractivity contribution in [3.8, 4) is 11.5 Å². The SMILES string of the molecule is COc1cccc(CCO)c1OC1CCN(C)CC1. The van der Waals surface area contributed by atoms with E-state index >= 15 is 0 Å². The molecule has 1 fully saturated rings. The van der Waals surface area contributed by atoms with Crippen LogP contribution in [0.15, 0.2) is 18.2 Å². The fourth-order valence-corrected chi connectivity index (χ4v) is 2.44. The van der Waals surface area contributed by atoms with Crippen molar-refractivity contribution in [1.82, 2.24) is 4.90 Å². The first-order chi connectivity index (χ1) is 9.24. The maximum atomic E-state index is 9.15. The molecule has 4 nitrogen and oxygen atoms in total. The lowest BCUT2D eigenvalue weighted by Gasteiger charge is -2.30. The third kappa shape index (κ3) is 3.61. The summed E-state index contributed by atoms with van der Waals surface area (Å²) in [6.07, 6.45) is 2.91. The van der Waals surface area contributed by atoms with E-state index in [0.29, 0.717) is 6.42 Å². The fraction of sp³-hybridized carbons (Fsp3) is 0.600. The minimum Gasteiger partial charge on any atom is -0.493 e. The number of para-hydroxylation sites is 1. The Hall–Kier alpha value is -1.26. The number of piperidine rings is 1. The Morgan fingerprint density at radius 2 is 2.05 bits per heavy atom. The van der Waals surface area contributed by atoms with Crippen molar-refractivity contribution in [2.45, 2.75) is 25.4 Å². The van der Waals surface area contributed by atoms with E-state index in [0.717, 1.165) is 43.0 Å². The van der Waals surface area contributed by atoms with Crippen molar-refractivity contribution in [1.29, 1.82) is 0 Å². The Balaban J connectivity index is 2.12. The summed E-state index contributed by atoms with van der Waals surface area (Å²) in [4.78, 5) is 2.32. The maximum Gasteiger partial charge on any atom is 0.164 e. The van der Waals surface area contributed by atoms with E-state index in [2.05, 4.69) is 11.9 Å². The minimum absolute atomic E-state index is 0.122. The van der Waals surface area contributed by atoms with Crippen molar-refractivity contribution in [2.24, 2.45) is 0 Å². The molecule has 2 rings (SSSR count). The lowest BCUT2D eigenvalue weighted by atomic mass is 10.1. The highest BCUT2D eigenvalue weighted by atomic mass is 16.5. The number of aliphatic hydroxyl groups is 1. The van der Waals surface area contributed by atoms with E-state index in [9.17, 15) is 0 Å². The molecular formula is C15H23NO3. The third-order valence-electron chi connectivity index (χ3n) is 3.61. The average molecular weight is 265 g/mol. The van der Waals surface area contributed by atoms with Crippen LogP contribution in [0.1, 0.15) is 18.4 Å². The second-order valence-corrected chi connectivity index (χ2v) is 5.04. The summed E-state index contributed by atoms with van der Waals surface area (Å²) in [5.74, 6) is 1.55. The predicted octanol–water partition coefficient (Wildman–Crippen LogP) is 1.70. The first-order valence-corrected chi connectivity index (χ1v) is 6.86. The molecule has 1 N–H and O–H groups in total. The average Bonchev–Trinajstić information content (AvgIpc) is 2.43. The molecule has 0 aliphatic carbocycles. The fourth-order valence-electron chi connectivity index (χ4n) is 2.44. The van der Waals surface area contributed by atoms with Crippen LogP contribution >= 0.6 is 0 Å². The van der Waals surface area contributed by atoms with Gasteiger partial charge in [0.2, 0.25) is 0 Å². The van der Waals surface area contributed by atoms with E-state index in [1.54, 1.807) is 7.11 Å². The molecule has 1 heterocycles. The van der Waals surface area contributed by atoms with Crippen molar-refractivity contribution >= 4 is 0 Å². The number of hydrogen-bond acceptors (Lipinski definition) is 4. The Bertz CT molecular complexity index is 400. The molecular weight excluding hydrogens is 242 g/mol.